The van der Waals surface area contributed by atoms with Crippen molar-refractivity contribution in [2.24, 2.45) is 0 Å². The lowest BCUT2D eigenvalue weighted by Gasteiger charge is -2.04. The van der Waals surface area contributed by atoms with E-state index in [1.165, 1.54) is 12.3 Å². The summed E-state index contributed by atoms with van der Waals surface area (Å²) in [5, 5.41) is 2.96. The van der Waals surface area contributed by atoms with Gasteiger partial charge in [-0.05, 0) is 32.1 Å². The largest absolute Gasteiger partial charge is 0.319 e. The van der Waals surface area contributed by atoms with E-state index in [1.54, 1.807) is 18.2 Å². The molecule has 2 rings (SSSR count). The zero-order valence-electron chi connectivity index (χ0n) is 10.0. The molecule has 0 spiro atoms. The molecule has 0 saturated heterocycles. The predicted molar refractivity (Wildman–Crippen MR) is 67.9 cm³/mol. The number of rotatable bonds is 4. The molecule has 1 heterocycles. The first kappa shape index (κ1) is 12.4. The van der Waals surface area contributed by atoms with Crippen LogP contribution in [0.4, 0.5) is 4.39 Å². The number of hydrogen-bond donors (Lipinski definition) is 2. The molecule has 0 bridgehead atoms. The summed E-state index contributed by atoms with van der Waals surface area (Å²) in [5.41, 5.74) is 0.665. The highest BCUT2D eigenvalue weighted by molar-refractivity contribution is 5.55. The minimum atomic E-state index is -0.399. The lowest BCUT2D eigenvalue weighted by Crippen LogP contribution is -2.19. The second kappa shape index (κ2) is 5.55. The summed E-state index contributed by atoms with van der Waals surface area (Å²) in [6.07, 6.45) is 2.09. The van der Waals surface area contributed by atoms with E-state index in [-0.39, 0.29) is 11.4 Å². The molecule has 0 amide bonds. The summed E-state index contributed by atoms with van der Waals surface area (Å²) < 4.78 is 13.5. The van der Waals surface area contributed by atoms with Gasteiger partial charge in [-0.25, -0.2) is 9.37 Å². The van der Waals surface area contributed by atoms with E-state index in [1.807, 2.05) is 7.05 Å². The van der Waals surface area contributed by atoms with Gasteiger partial charge >= 0.3 is 0 Å². The van der Waals surface area contributed by atoms with Gasteiger partial charge in [0.1, 0.15) is 11.6 Å². The Bertz CT molecular complexity index is 595. The Kier molecular flexibility index (Phi) is 3.84. The molecule has 1 aromatic carbocycles. The molecular formula is C13H14FN3O. The second-order valence-corrected chi connectivity index (χ2v) is 3.92. The maximum Gasteiger partial charge on any atom is 0.254 e. The number of aromatic amines is 1. The van der Waals surface area contributed by atoms with Gasteiger partial charge in [-0.15, -0.1) is 0 Å². The van der Waals surface area contributed by atoms with Crippen molar-refractivity contribution in [3.05, 3.63) is 52.2 Å². The van der Waals surface area contributed by atoms with Crippen LogP contribution >= 0.6 is 0 Å². The molecule has 0 fully saturated rings. The highest BCUT2D eigenvalue weighted by atomic mass is 19.1. The number of benzene rings is 1. The van der Waals surface area contributed by atoms with Crippen molar-refractivity contribution in [1.29, 1.82) is 0 Å². The van der Waals surface area contributed by atoms with E-state index in [0.717, 1.165) is 0 Å². The van der Waals surface area contributed by atoms with E-state index in [0.29, 0.717) is 24.1 Å². The second-order valence-electron chi connectivity index (χ2n) is 3.92. The summed E-state index contributed by atoms with van der Waals surface area (Å²) in [7, 11) is 1.81. The molecule has 0 radical (unpaired) electrons. The van der Waals surface area contributed by atoms with Crippen molar-refractivity contribution in [3.63, 3.8) is 0 Å². The molecule has 4 nitrogen and oxygen atoms in total. The number of halogens is 1. The van der Waals surface area contributed by atoms with Crippen LogP contribution in [0, 0.1) is 5.82 Å². The third-order valence-electron chi connectivity index (χ3n) is 2.65. The zero-order chi connectivity index (χ0) is 13.0. The fraction of sp³-hybridized carbons (Fsp3) is 0.231. The Labute approximate surface area is 104 Å². The van der Waals surface area contributed by atoms with Crippen LogP contribution in [0.5, 0.6) is 0 Å². The maximum absolute atomic E-state index is 13.5. The van der Waals surface area contributed by atoms with Crippen LogP contribution in [-0.4, -0.2) is 23.6 Å². The number of likely N-dealkylation sites (N-methyl/N-ethyl adjacent to an activating group) is 1. The van der Waals surface area contributed by atoms with Crippen molar-refractivity contribution >= 4 is 0 Å². The van der Waals surface area contributed by atoms with E-state index < -0.39 is 5.82 Å². The van der Waals surface area contributed by atoms with Crippen LogP contribution in [0.1, 0.15) is 5.56 Å². The number of nitrogens with one attached hydrogen (secondary N) is 2. The Hall–Kier alpha value is -2.01. The van der Waals surface area contributed by atoms with Crippen LogP contribution in [0.15, 0.2) is 35.3 Å². The first-order valence-corrected chi connectivity index (χ1v) is 5.70. The fourth-order valence-corrected chi connectivity index (χ4v) is 1.65. The minimum absolute atomic E-state index is 0.224. The highest BCUT2D eigenvalue weighted by Gasteiger charge is 2.08. The monoisotopic (exact) mass is 247 g/mol. The molecule has 0 aliphatic heterocycles. The van der Waals surface area contributed by atoms with E-state index in [4.69, 9.17) is 0 Å². The Morgan fingerprint density at radius 3 is 2.83 bits per heavy atom. The van der Waals surface area contributed by atoms with Gasteiger partial charge in [0.25, 0.3) is 5.56 Å². The van der Waals surface area contributed by atoms with Gasteiger partial charge in [0.05, 0.1) is 5.56 Å². The van der Waals surface area contributed by atoms with E-state index >= 15 is 0 Å². The average molecular weight is 247 g/mol. The van der Waals surface area contributed by atoms with Crippen LogP contribution in [-0.2, 0) is 6.42 Å². The number of H-pyrrole nitrogens is 1. The van der Waals surface area contributed by atoms with Gasteiger partial charge in [0, 0.05) is 11.8 Å². The number of hydrogen-bond acceptors (Lipinski definition) is 3. The maximum atomic E-state index is 13.5. The van der Waals surface area contributed by atoms with E-state index in [9.17, 15) is 9.18 Å². The van der Waals surface area contributed by atoms with Crippen LogP contribution in [0.3, 0.4) is 0 Å². The minimum Gasteiger partial charge on any atom is -0.319 e. The summed E-state index contributed by atoms with van der Waals surface area (Å²) in [6.45, 7) is 0.698. The van der Waals surface area contributed by atoms with Crippen molar-refractivity contribution in [3.8, 4) is 11.4 Å². The average Bonchev–Trinajstić information content (AvgIpc) is 2.38. The molecule has 0 aliphatic carbocycles. The Morgan fingerprint density at radius 2 is 2.17 bits per heavy atom. The predicted octanol–water partition coefficient (Wildman–Crippen LogP) is 1.34. The first-order chi connectivity index (χ1) is 8.72. The van der Waals surface area contributed by atoms with Crippen molar-refractivity contribution in [2.75, 3.05) is 13.6 Å². The van der Waals surface area contributed by atoms with Gasteiger partial charge in [0.2, 0.25) is 0 Å². The van der Waals surface area contributed by atoms with Crippen molar-refractivity contribution in [1.82, 2.24) is 15.3 Å². The Morgan fingerprint density at radius 1 is 1.39 bits per heavy atom. The highest BCUT2D eigenvalue weighted by Crippen LogP contribution is 2.16. The lowest BCUT2D eigenvalue weighted by molar-refractivity contribution is 0.629. The Balaban J connectivity index is 2.35. The zero-order valence-corrected chi connectivity index (χ0v) is 10.0. The van der Waals surface area contributed by atoms with Gasteiger partial charge in [-0.3, -0.25) is 4.79 Å². The molecule has 0 unspecified atom stereocenters. The molecule has 0 atom stereocenters. The molecule has 2 N–H and O–H groups in total. The lowest BCUT2D eigenvalue weighted by atomic mass is 10.2. The van der Waals surface area contributed by atoms with Gasteiger partial charge in [0.15, 0.2) is 0 Å². The molecule has 18 heavy (non-hydrogen) atoms. The van der Waals surface area contributed by atoms with Crippen molar-refractivity contribution in [2.45, 2.75) is 6.42 Å². The number of aromatic nitrogens is 2. The molecule has 0 aliphatic rings. The molecule has 5 heteroatoms. The van der Waals surface area contributed by atoms with Gasteiger partial charge in [-0.2, -0.15) is 0 Å². The molecule has 0 saturated carbocycles. The molecule has 1 aromatic heterocycles. The van der Waals surface area contributed by atoms with E-state index in [2.05, 4.69) is 15.3 Å². The standard InChI is InChI=1S/C13H14FN3O/c1-15-7-6-9-8-16-12(17-13(9)18)10-4-2-3-5-11(10)14/h2-5,8,15H,6-7H2,1H3,(H,16,17,18). The normalized spacial score (nSPS) is 10.6. The summed E-state index contributed by atoms with van der Waals surface area (Å²) >= 11 is 0. The van der Waals surface area contributed by atoms with Crippen LogP contribution < -0.4 is 10.9 Å². The topological polar surface area (TPSA) is 57.8 Å². The number of nitrogens with zero attached hydrogens (tertiary/aromatic N) is 1. The quantitative estimate of drug-likeness (QED) is 0.857. The smallest absolute Gasteiger partial charge is 0.254 e. The summed E-state index contributed by atoms with van der Waals surface area (Å²) in [5.74, 6) is -0.144. The molecule has 2 aromatic rings. The van der Waals surface area contributed by atoms with Crippen LogP contribution in [0.2, 0.25) is 0 Å². The SMILES string of the molecule is CNCCc1cnc(-c2ccccc2F)[nH]c1=O. The third-order valence-corrected chi connectivity index (χ3v) is 2.65. The van der Waals surface area contributed by atoms with Crippen molar-refractivity contribution < 1.29 is 4.39 Å². The summed E-state index contributed by atoms with van der Waals surface area (Å²) in [6, 6.07) is 6.22. The summed E-state index contributed by atoms with van der Waals surface area (Å²) in [4.78, 5) is 18.5. The van der Waals surface area contributed by atoms with Gasteiger partial charge < -0.3 is 10.3 Å². The molecular weight excluding hydrogens is 233 g/mol. The first-order valence-electron chi connectivity index (χ1n) is 5.70. The van der Waals surface area contributed by atoms with Gasteiger partial charge in [-0.1, -0.05) is 12.1 Å². The fourth-order valence-electron chi connectivity index (χ4n) is 1.65. The third kappa shape index (κ3) is 2.62. The van der Waals surface area contributed by atoms with Crippen LogP contribution in [0.25, 0.3) is 11.4 Å². The molecule has 94 valence electrons.